The zero-order chi connectivity index (χ0) is 26.6. The minimum absolute atomic E-state index is 0. The fourth-order valence-corrected chi connectivity index (χ4v) is 5.68. The van der Waals surface area contributed by atoms with E-state index in [-0.39, 0.29) is 26.4 Å². The number of aromatic amines is 1. The number of H-pyrrole nitrogens is 1. The predicted octanol–water partition coefficient (Wildman–Crippen LogP) is 5.28. The monoisotopic (exact) mass is 541 g/mol. The molecule has 4 aromatic rings. The maximum Gasteiger partial charge on any atom is 0.282 e. The minimum Gasteiger partial charge on any atom is -0.377 e. The molecule has 0 unspecified atom stereocenters. The average Bonchev–Trinajstić information content (AvgIpc) is 3.46. The quantitative estimate of drug-likeness (QED) is 0.366. The molecule has 2 fully saturated rings. The van der Waals surface area contributed by atoms with Gasteiger partial charge in [0.2, 0.25) is 0 Å². The standard InChI is InChI=1S/C27H30F3N7O.CH4/c1-15-13-38-9-8-36(15)24-12-22(33-26(34-24)20-10-18(28)11-21-19(20)4-7-32-21)25-16(2)35-37(17(25)3)23-5-6-31-14-27(23,29)30;/h4,7,10-12,15,23,31-32H,5-6,8-9,13-14H2,1-3H3;1H4/t15-,23-;/m1./s1. The van der Waals surface area contributed by atoms with E-state index in [1.54, 1.807) is 13.1 Å². The Kier molecular flexibility index (Phi) is 7.15. The second-order valence-electron chi connectivity index (χ2n) is 10.2. The van der Waals surface area contributed by atoms with Crippen LogP contribution in [0.3, 0.4) is 0 Å². The second-order valence-corrected chi connectivity index (χ2v) is 10.2. The molecule has 1 aromatic carbocycles. The molecule has 8 nitrogen and oxygen atoms in total. The van der Waals surface area contributed by atoms with Crippen LogP contribution in [0, 0.1) is 19.7 Å². The largest absolute Gasteiger partial charge is 0.377 e. The van der Waals surface area contributed by atoms with Gasteiger partial charge in [-0.25, -0.2) is 23.1 Å². The Morgan fingerprint density at radius 3 is 2.74 bits per heavy atom. The van der Waals surface area contributed by atoms with Gasteiger partial charge in [-0.1, -0.05) is 7.43 Å². The van der Waals surface area contributed by atoms with Crippen molar-refractivity contribution in [2.75, 3.05) is 37.7 Å². The molecular weight excluding hydrogens is 507 g/mol. The van der Waals surface area contributed by atoms with Crippen molar-refractivity contribution in [1.82, 2.24) is 30.0 Å². The molecule has 0 radical (unpaired) electrons. The number of hydrogen-bond donors (Lipinski definition) is 2. The highest BCUT2D eigenvalue weighted by Crippen LogP contribution is 2.39. The summed E-state index contributed by atoms with van der Waals surface area (Å²) >= 11 is 0. The van der Waals surface area contributed by atoms with Gasteiger partial charge in [-0.15, -0.1) is 0 Å². The predicted molar refractivity (Wildman–Crippen MR) is 146 cm³/mol. The van der Waals surface area contributed by atoms with E-state index in [1.165, 1.54) is 16.8 Å². The third kappa shape index (κ3) is 4.78. The summed E-state index contributed by atoms with van der Waals surface area (Å²) in [5.74, 6) is -2.30. The van der Waals surface area contributed by atoms with Gasteiger partial charge < -0.3 is 19.9 Å². The van der Waals surface area contributed by atoms with E-state index < -0.39 is 17.8 Å². The van der Waals surface area contributed by atoms with Gasteiger partial charge in [-0.05, 0) is 51.9 Å². The molecule has 2 N–H and O–H groups in total. The number of piperidine rings is 1. The number of hydrogen-bond acceptors (Lipinski definition) is 6. The molecule has 2 aliphatic heterocycles. The number of anilines is 1. The molecule has 2 saturated heterocycles. The third-order valence-corrected chi connectivity index (χ3v) is 7.57. The Labute approximate surface area is 225 Å². The summed E-state index contributed by atoms with van der Waals surface area (Å²) in [6, 6.07) is 5.63. The Bertz CT molecular complexity index is 1500. The van der Waals surface area contributed by atoms with Crippen molar-refractivity contribution in [3.63, 3.8) is 0 Å². The molecule has 0 amide bonds. The van der Waals surface area contributed by atoms with E-state index in [0.29, 0.717) is 71.7 Å². The summed E-state index contributed by atoms with van der Waals surface area (Å²) in [4.78, 5) is 15.0. The molecular formula is C28H34F3N7O. The Hall–Kier alpha value is -3.44. The summed E-state index contributed by atoms with van der Waals surface area (Å²) in [5, 5.41) is 8.14. The van der Waals surface area contributed by atoms with Crippen LogP contribution in [0.1, 0.15) is 38.2 Å². The fourth-order valence-electron chi connectivity index (χ4n) is 5.68. The van der Waals surface area contributed by atoms with Crippen LogP contribution in [0.25, 0.3) is 33.5 Å². The van der Waals surface area contributed by atoms with Crippen molar-refractivity contribution in [3.05, 3.63) is 47.7 Å². The SMILES string of the molecule is C.Cc1nn([C@@H]2CCNCC2(F)F)c(C)c1-c1cc(N2CCOC[C@H]2C)nc(-c2cc(F)cc3[nH]ccc23)n1. The van der Waals surface area contributed by atoms with Gasteiger partial charge in [0, 0.05) is 46.5 Å². The smallest absolute Gasteiger partial charge is 0.282 e. The molecule has 5 heterocycles. The van der Waals surface area contributed by atoms with E-state index in [4.69, 9.17) is 14.7 Å². The summed E-state index contributed by atoms with van der Waals surface area (Å²) in [5.41, 5.74) is 3.67. The molecule has 0 bridgehead atoms. The number of aromatic nitrogens is 5. The van der Waals surface area contributed by atoms with E-state index in [9.17, 15) is 13.2 Å². The van der Waals surface area contributed by atoms with Gasteiger partial charge in [0.25, 0.3) is 5.92 Å². The lowest BCUT2D eigenvalue weighted by Crippen LogP contribution is -2.47. The van der Waals surface area contributed by atoms with Crippen molar-refractivity contribution in [2.24, 2.45) is 0 Å². The topological polar surface area (TPSA) is 83.9 Å². The van der Waals surface area contributed by atoms with Crippen molar-refractivity contribution in [2.45, 2.75) is 52.6 Å². The number of morpholine rings is 1. The van der Waals surface area contributed by atoms with E-state index in [0.717, 1.165) is 5.39 Å². The van der Waals surface area contributed by atoms with Crippen LogP contribution < -0.4 is 10.2 Å². The van der Waals surface area contributed by atoms with Crippen molar-refractivity contribution in [1.29, 1.82) is 0 Å². The van der Waals surface area contributed by atoms with Gasteiger partial charge in [0.15, 0.2) is 5.82 Å². The van der Waals surface area contributed by atoms with Crippen LogP contribution in [-0.4, -0.2) is 69.5 Å². The number of nitrogens with zero attached hydrogens (tertiary/aromatic N) is 5. The van der Waals surface area contributed by atoms with Crippen molar-refractivity contribution >= 4 is 16.7 Å². The first-order chi connectivity index (χ1) is 18.2. The van der Waals surface area contributed by atoms with Crippen molar-refractivity contribution < 1.29 is 17.9 Å². The lowest BCUT2D eigenvalue weighted by Gasteiger charge is -2.34. The number of nitrogens with one attached hydrogen (secondary N) is 2. The number of alkyl halides is 2. The van der Waals surface area contributed by atoms with Crippen LogP contribution in [-0.2, 0) is 4.74 Å². The second kappa shape index (κ2) is 10.3. The molecule has 208 valence electrons. The van der Waals surface area contributed by atoms with E-state index in [1.807, 2.05) is 19.1 Å². The number of halogens is 3. The number of benzene rings is 1. The van der Waals surface area contributed by atoms with Gasteiger partial charge in [-0.3, -0.25) is 4.68 Å². The normalized spacial score (nSPS) is 21.2. The number of ether oxygens (including phenoxy) is 1. The van der Waals surface area contributed by atoms with Crippen molar-refractivity contribution in [3.8, 4) is 22.6 Å². The molecule has 0 spiro atoms. The van der Waals surface area contributed by atoms with Crippen LogP contribution >= 0.6 is 0 Å². The molecule has 2 aliphatic rings. The van der Waals surface area contributed by atoms with Gasteiger partial charge in [-0.2, -0.15) is 5.10 Å². The molecule has 6 rings (SSSR count). The molecule has 0 aliphatic carbocycles. The van der Waals surface area contributed by atoms with Gasteiger partial charge in [0.1, 0.15) is 17.7 Å². The minimum atomic E-state index is -2.93. The Morgan fingerprint density at radius 2 is 1.97 bits per heavy atom. The molecule has 11 heteroatoms. The Balaban J connectivity index is 0.00000308. The Morgan fingerprint density at radius 1 is 1.15 bits per heavy atom. The maximum absolute atomic E-state index is 14.9. The summed E-state index contributed by atoms with van der Waals surface area (Å²) in [6.07, 6.45) is 2.02. The number of rotatable bonds is 4. The molecule has 3 aromatic heterocycles. The maximum atomic E-state index is 14.9. The highest BCUT2D eigenvalue weighted by molar-refractivity contribution is 5.94. The highest BCUT2D eigenvalue weighted by Gasteiger charge is 2.44. The molecule has 2 atom stereocenters. The first-order valence-electron chi connectivity index (χ1n) is 12.9. The molecule has 0 saturated carbocycles. The fraction of sp³-hybridized carbons (Fsp3) is 0.464. The van der Waals surface area contributed by atoms with Crippen LogP contribution in [0.2, 0.25) is 0 Å². The van der Waals surface area contributed by atoms with E-state index >= 15 is 0 Å². The zero-order valence-electron chi connectivity index (χ0n) is 21.6. The lowest BCUT2D eigenvalue weighted by atomic mass is 10.0. The summed E-state index contributed by atoms with van der Waals surface area (Å²) < 4.78 is 51.4. The number of aryl methyl sites for hydroxylation is 1. The van der Waals surface area contributed by atoms with Crippen LogP contribution in [0.5, 0.6) is 0 Å². The third-order valence-electron chi connectivity index (χ3n) is 7.57. The van der Waals surface area contributed by atoms with Gasteiger partial charge >= 0.3 is 0 Å². The lowest BCUT2D eigenvalue weighted by molar-refractivity contribution is -0.0704. The van der Waals surface area contributed by atoms with Crippen LogP contribution in [0.4, 0.5) is 19.0 Å². The zero-order valence-corrected chi connectivity index (χ0v) is 21.6. The van der Waals surface area contributed by atoms with Gasteiger partial charge in [0.05, 0.1) is 37.2 Å². The summed E-state index contributed by atoms with van der Waals surface area (Å²) in [7, 11) is 0. The average molecular weight is 542 g/mol. The first kappa shape index (κ1) is 27.1. The molecule has 39 heavy (non-hydrogen) atoms. The van der Waals surface area contributed by atoms with E-state index in [2.05, 4.69) is 27.2 Å². The first-order valence-corrected chi connectivity index (χ1v) is 12.9. The highest BCUT2D eigenvalue weighted by atomic mass is 19.3. The summed E-state index contributed by atoms with van der Waals surface area (Å²) in [6.45, 7) is 7.53. The number of fused-ring (bicyclic) bond motifs is 1. The van der Waals surface area contributed by atoms with Crippen LogP contribution in [0.15, 0.2) is 30.5 Å².